The molecule has 7 heteroatoms. The Bertz CT molecular complexity index is 727. The highest BCUT2D eigenvalue weighted by molar-refractivity contribution is 5.76. The van der Waals surface area contributed by atoms with Crippen LogP contribution in [0.25, 0.3) is 0 Å². The van der Waals surface area contributed by atoms with Crippen LogP contribution in [-0.2, 0) is 14.3 Å². The number of nitrogens with zero attached hydrogens (tertiary/aromatic N) is 4. The van der Waals surface area contributed by atoms with E-state index in [4.69, 9.17) is 4.74 Å². The molecule has 0 aromatic carbocycles. The summed E-state index contributed by atoms with van der Waals surface area (Å²) in [5, 5.41) is 0. The maximum atomic E-state index is 12.8. The molecule has 0 unspecified atom stereocenters. The van der Waals surface area contributed by atoms with Gasteiger partial charge in [-0.1, -0.05) is 6.07 Å². The number of carbonyl (C=O) groups excluding carboxylic acids is 2. The zero-order valence-electron chi connectivity index (χ0n) is 18.2. The molecule has 164 valence electrons. The van der Waals surface area contributed by atoms with Gasteiger partial charge in [0.1, 0.15) is 0 Å². The van der Waals surface area contributed by atoms with Crippen LogP contribution in [0.4, 0.5) is 0 Å². The molecule has 0 radical (unpaired) electrons. The number of hydrogen-bond donors (Lipinski definition) is 0. The van der Waals surface area contributed by atoms with E-state index in [1.54, 1.807) is 14.0 Å². The van der Waals surface area contributed by atoms with Crippen molar-refractivity contribution < 1.29 is 14.3 Å². The normalized spacial score (nSPS) is 26.5. The average Bonchev–Trinajstić information content (AvgIpc) is 2.75. The number of carbonyl (C=O) groups is 2. The Labute approximate surface area is 179 Å². The van der Waals surface area contributed by atoms with Gasteiger partial charge in [-0.05, 0) is 43.2 Å². The van der Waals surface area contributed by atoms with Crippen LogP contribution in [-0.4, -0.2) is 83.5 Å². The predicted molar refractivity (Wildman–Crippen MR) is 114 cm³/mol. The number of pyridine rings is 1. The second-order valence-electron chi connectivity index (χ2n) is 8.97. The molecule has 3 saturated heterocycles. The van der Waals surface area contributed by atoms with Gasteiger partial charge in [-0.2, -0.15) is 0 Å². The Morgan fingerprint density at radius 2 is 1.80 bits per heavy atom. The van der Waals surface area contributed by atoms with Crippen molar-refractivity contribution in [1.82, 2.24) is 19.7 Å². The molecule has 0 spiro atoms. The first-order valence-corrected chi connectivity index (χ1v) is 11.3. The van der Waals surface area contributed by atoms with Gasteiger partial charge in [0, 0.05) is 71.6 Å². The summed E-state index contributed by atoms with van der Waals surface area (Å²) in [6.07, 6.45) is 8.52. The lowest BCUT2D eigenvalue weighted by atomic mass is 9.87. The van der Waals surface area contributed by atoms with Gasteiger partial charge in [0.05, 0.1) is 12.1 Å². The third-order valence-electron chi connectivity index (χ3n) is 7.24. The number of hydrogen-bond acceptors (Lipinski definition) is 5. The van der Waals surface area contributed by atoms with Crippen molar-refractivity contribution in [3.8, 4) is 0 Å². The minimum Gasteiger partial charge on any atom is -0.378 e. The average molecular weight is 415 g/mol. The van der Waals surface area contributed by atoms with Gasteiger partial charge in [-0.15, -0.1) is 0 Å². The molecular formula is C23H34N4O3. The van der Waals surface area contributed by atoms with Crippen LogP contribution in [0.1, 0.15) is 50.6 Å². The largest absolute Gasteiger partial charge is 0.378 e. The first-order chi connectivity index (χ1) is 14.6. The number of amides is 2. The summed E-state index contributed by atoms with van der Waals surface area (Å²) >= 11 is 0. The van der Waals surface area contributed by atoms with Gasteiger partial charge >= 0.3 is 0 Å². The summed E-state index contributed by atoms with van der Waals surface area (Å²) in [7, 11) is 1.79. The molecule has 1 aromatic rings. The van der Waals surface area contributed by atoms with Gasteiger partial charge < -0.3 is 14.5 Å². The molecule has 0 aliphatic carbocycles. The van der Waals surface area contributed by atoms with E-state index in [9.17, 15) is 9.59 Å². The van der Waals surface area contributed by atoms with E-state index in [2.05, 4.69) is 20.9 Å². The fourth-order valence-electron chi connectivity index (χ4n) is 5.31. The van der Waals surface area contributed by atoms with Crippen LogP contribution >= 0.6 is 0 Å². The van der Waals surface area contributed by atoms with Crippen LogP contribution in [0, 0.1) is 5.92 Å². The van der Waals surface area contributed by atoms with Crippen LogP contribution in [0.3, 0.4) is 0 Å². The molecule has 0 saturated carbocycles. The third kappa shape index (κ3) is 4.52. The maximum absolute atomic E-state index is 12.8. The lowest BCUT2D eigenvalue weighted by molar-refractivity contribution is -0.139. The zero-order chi connectivity index (χ0) is 21.1. The van der Waals surface area contributed by atoms with Crippen molar-refractivity contribution in [2.75, 3.05) is 39.8 Å². The summed E-state index contributed by atoms with van der Waals surface area (Å²) in [5.74, 6) is 0.851. The number of likely N-dealkylation sites (tertiary alicyclic amines) is 3. The summed E-state index contributed by atoms with van der Waals surface area (Å²) < 4.78 is 5.68. The topological polar surface area (TPSA) is 66.0 Å². The fourth-order valence-corrected chi connectivity index (χ4v) is 5.31. The molecule has 3 aliphatic rings. The van der Waals surface area contributed by atoms with E-state index in [1.807, 2.05) is 23.4 Å². The fraction of sp³-hybridized carbons (Fsp3) is 0.696. The van der Waals surface area contributed by atoms with Gasteiger partial charge in [-0.3, -0.25) is 19.5 Å². The minimum atomic E-state index is 0.146. The van der Waals surface area contributed by atoms with Crippen molar-refractivity contribution in [2.24, 2.45) is 5.92 Å². The maximum Gasteiger partial charge on any atom is 0.222 e. The van der Waals surface area contributed by atoms with Crippen molar-refractivity contribution >= 4 is 11.8 Å². The lowest BCUT2D eigenvalue weighted by Gasteiger charge is -2.53. The first-order valence-electron chi connectivity index (χ1n) is 11.3. The Morgan fingerprint density at radius 1 is 1.10 bits per heavy atom. The summed E-state index contributed by atoms with van der Waals surface area (Å²) in [6, 6.07) is 4.87. The highest BCUT2D eigenvalue weighted by Crippen LogP contribution is 2.39. The molecule has 2 amide bonds. The first kappa shape index (κ1) is 21.2. The Hall–Kier alpha value is -1.99. The number of piperidine rings is 2. The van der Waals surface area contributed by atoms with E-state index < -0.39 is 0 Å². The molecular weight excluding hydrogens is 380 g/mol. The van der Waals surface area contributed by atoms with E-state index in [1.165, 1.54) is 5.56 Å². The second-order valence-corrected chi connectivity index (χ2v) is 8.97. The minimum absolute atomic E-state index is 0.146. The van der Waals surface area contributed by atoms with Crippen LogP contribution < -0.4 is 0 Å². The third-order valence-corrected chi connectivity index (χ3v) is 7.24. The molecule has 4 rings (SSSR count). The second kappa shape index (κ2) is 9.43. The van der Waals surface area contributed by atoms with Crippen molar-refractivity contribution in [2.45, 2.75) is 57.2 Å². The number of methoxy groups -OCH3 is 1. The molecule has 7 nitrogen and oxygen atoms in total. The summed E-state index contributed by atoms with van der Waals surface area (Å²) in [4.78, 5) is 35.1. The lowest BCUT2D eigenvalue weighted by Crippen LogP contribution is -2.60. The van der Waals surface area contributed by atoms with Gasteiger partial charge in [0.2, 0.25) is 11.8 Å². The predicted octanol–water partition coefficient (Wildman–Crippen LogP) is 2.09. The van der Waals surface area contributed by atoms with Crippen molar-refractivity contribution in [1.29, 1.82) is 0 Å². The number of aromatic nitrogens is 1. The standard InChI is InChI=1S/C23H34N4O3/c1-17(28)25-10-5-18(6-11-25)14-22(29)26-12-7-20(8-13-26)27-16-21(30-2)23(27)19-4-3-9-24-15-19/h3-4,9,15,18,20-21,23H,5-8,10-14,16H2,1-2H3/t21-,23-/m0/s1. The van der Waals surface area contributed by atoms with Crippen LogP contribution in [0.2, 0.25) is 0 Å². The molecule has 4 heterocycles. The number of ether oxygens (including phenoxy) is 1. The Morgan fingerprint density at radius 3 is 2.40 bits per heavy atom. The monoisotopic (exact) mass is 414 g/mol. The summed E-state index contributed by atoms with van der Waals surface area (Å²) in [5.41, 5.74) is 1.21. The van der Waals surface area contributed by atoms with Gasteiger partial charge in [0.15, 0.2) is 0 Å². The molecule has 3 fully saturated rings. The SMILES string of the molecule is CO[C@H]1CN(C2CCN(C(=O)CC3CCN(C(C)=O)CC3)CC2)[C@H]1c1cccnc1. The summed E-state index contributed by atoms with van der Waals surface area (Å²) in [6.45, 7) is 5.83. The smallest absolute Gasteiger partial charge is 0.222 e. The van der Waals surface area contributed by atoms with Crippen molar-refractivity contribution in [3.05, 3.63) is 30.1 Å². The quantitative estimate of drug-likeness (QED) is 0.738. The molecule has 1 aromatic heterocycles. The zero-order valence-corrected chi connectivity index (χ0v) is 18.2. The Kier molecular flexibility index (Phi) is 6.68. The number of rotatable bonds is 5. The molecule has 2 atom stereocenters. The van der Waals surface area contributed by atoms with E-state index >= 15 is 0 Å². The molecule has 3 aliphatic heterocycles. The molecule has 0 N–H and O–H groups in total. The van der Waals surface area contributed by atoms with Crippen molar-refractivity contribution in [3.63, 3.8) is 0 Å². The highest BCUT2D eigenvalue weighted by Gasteiger charge is 2.44. The van der Waals surface area contributed by atoms with Gasteiger partial charge in [0.25, 0.3) is 0 Å². The Balaban J connectivity index is 1.26. The van der Waals surface area contributed by atoms with Gasteiger partial charge in [-0.25, -0.2) is 0 Å². The van der Waals surface area contributed by atoms with E-state index in [0.717, 1.165) is 58.4 Å². The van der Waals surface area contributed by atoms with Crippen LogP contribution in [0.5, 0.6) is 0 Å². The van der Waals surface area contributed by atoms with E-state index in [0.29, 0.717) is 18.4 Å². The van der Waals surface area contributed by atoms with Crippen LogP contribution in [0.15, 0.2) is 24.5 Å². The van der Waals surface area contributed by atoms with E-state index in [-0.39, 0.29) is 24.0 Å². The highest BCUT2D eigenvalue weighted by atomic mass is 16.5. The molecule has 0 bridgehead atoms. The molecule has 30 heavy (non-hydrogen) atoms.